The average molecular weight is 381 g/mol. The molecular formula is C19H19N5O2S. The molecule has 1 aromatic heterocycles. The van der Waals surface area contributed by atoms with Crippen LogP contribution in [0.25, 0.3) is 0 Å². The van der Waals surface area contributed by atoms with Crippen molar-refractivity contribution in [2.45, 2.75) is 29.3 Å². The molecule has 1 heterocycles. The molecule has 0 spiro atoms. The number of anilines is 1. The summed E-state index contributed by atoms with van der Waals surface area (Å²) < 4.78 is 7.05. The zero-order valence-corrected chi connectivity index (χ0v) is 15.6. The average Bonchev–Trinajstić information content (AvgIpc) is 3.45. The summed E-state index contributed by atoms with van der Waals surface area (Å²) in [4.78, 5) is 13.1. The first kappa shape index (κ1) is 17.5. The van der Waals surface area contributed by atoms with Crippen molar-refractivity contribution in [2.24, 2.45) is 0 Å². The van der Waals surface area contributed by atoms with Crippen LogP contribution in [0, 0.1) is 0 Å². The lowest BCUT2D eigenvalue weighted by Crippen LogP contribution is -2.19. The van der Waals surface area contributed by atoms with Gasteiger partial charge >= 0.3 is 0 Å². The molecule has 1 atom stereocenters. The minimum atomic E-state index is -0.471. The number of methoxy groups -OCH3 is 1. The maximum absolute atomic E-state index is 13.1. The van der Waals surface area contributed by atoms with Crippen LogP contribution in [-0.2, 0) is 4.79 Å². The Bertz CT molecular complexity index is 927. The van der Waals surface area contributed by atoms with Gasteiger partial charge < -0.3 is 10.1 Å². The first-order chi connectivity index (χ1) is 13.2. The lowest BCUT2D eigenvalue weighted by molar-refractivity contribution is -0.115. The van der Waals surface area contributed by atoms with Crippen LogP contribution in [0.2, 0.25) is 0 Å². The first-order valence-corrected chi connectivity index (χ1v) is 9.57. The third kappa shape index (κ3) is 4.11. The lowest BCUT2D eigenvalue weighted by Gasteiger charge is -2.17. The SMILES string of the molecule is COc1cccc(NC(=O)[C@H](Sc2nnnn2C2CC2)c2ccccc2)c1. The molecule has 27 heavy (non-hydrogen) atoms. The van der Waals surface area contributed by atoms with Crippen molar-refractivity contribution in [3.8, 4) is 5.75 Å². The number of rotatable bonds is 7. The van der Waals surface area contributed by atoms with Crippen LogP contribution in [-0.4, -0.2) is 33.2 Å². The predicted molar refractivity (Wildman–Crippen MR) is 103 cm³/mol. The summed E-state index contributed by atoms with van der Waals surface area (Å²) in [7, 11) is 1.60. The van der Waals surface area contributed by atoms with Crippen molar-refractivity contribution >= 4 is 23.4 Å². The van der Waals surface area contributed by atoms with E-state index < -0.39 is 5.25 Å². The van der Waals surface area contributed by atoms with Gasteiger partial charge in [-0.1, -0.05) is 48.2 Å². The number of nitrogens with zero attached hydrogens (tertiary/aromatic N) is 4. The Morgan fingerprint density at radius 1 is 1.22 bits per heavy atom. The summed E-state index contributed by atoms with van der Waals surface area (Å²) in [5.74, 6) is 0.555. The Labute approximate surface area is 161 Å². The molecule has 8 heteroatoms. The molecule has 1 saturated carbocycles. The maximum Gasteiger partial charge on any atom is 0.242 e. The number of tetrazole rings is 1. The van der Waals surface area contributed by atoms with Gasteiger partial charge in [0.1, 0.15) is 11.0 Å². The first-order valence-electron chi connectivity index (χ1n) is 8.69. The van der Waals surface area contributed by atoms with Crippen LogP contribution in [0.1, 0.15) is 29.7 Å². The van der Waals surface area contributed by atoms with E-state index in [1.165, 1.54) is 11.8 Å². The number of ether oxygens (including phenoxy) is 1. The highest BCUT2D eigenvalue weighted by Gasteiger charge is 2.31. The van der Waals surface area contributed by atoms with Crippen LogP contribution >= 0.6 is 11.8 Å². The van der Waals surface area contributed by atoms with Crippen molar-refractivity contribution < 1.29 is 9.53 Å². The minimum Gasteiger partial charge on any atom is -0.497 e. The van der Waals surface area contributed by atoms with Crippen LogP contribution in [0.15, 0.2) is 59.8 Å². The highest BCUT2D eigenvalue weighted by molar-refractivity contribution is 8.00. The van der Waals surface area contributed by atoms with Crippen molar-refractivity contribution in [2.75, 3.05) is 12.4 Å². The molecule has 1 aliphatic rings. The number of nitrogens with one attached hydrogen (secondary N) is 1. The van der Waals surface area contributed by atoms with Crippen molar-refractivity contribution in [3.63, 3.8) is 0 Å². The monoisotopic (exact) mass is 381 g/mol. The topological polar surface area (TPSA) is 81.9 Å². The predicted octanol–water partition coefficient (Wildman–Crippen LogP) is 3.49. The molecule has 0 aliphatic heterocycles. The Hall–Kier alpha value is -2.87. The number of benzene rings is 2. The van der Waals surface area contributed by atoms with Gasteiger partial charge in [0.25, 0.3) is 0 Å². The molecule has 0 saturated heterocycles. The molecular weight excluding hydrogens is 362 g/mol. The van der Waals surface area contributed by atoms with Gasteiger partial charge in [-0.3, -0.25) is 4.79 Å². The van der Waals surface area contributed by atoms with Crippen LogP contribution < -0.4 is 10.1 Å². The Kier molecular flexibility index (Phi) is 5.06. The minimum absolute atomic E-state index is 0.134. The summed E-state index contributed by atoms with van der Waals surface area (Å²) >= 11 is 1.36. The molecule has 0 radical (unpaired) electrons. The van der Waals surface area contributed by atoms with E-state index in [0.29, 0.717) is 22.6 Å². The number of amides is 1. The summed E-state index contributed by atoms with van der Waals surface area (Å²) in [6, 6.07) is 17.3. The van der Waals surface area contributed by atoms with Gasteiger partial charge in [0.05, 0.1) is 13.2 Å². The molecule has 0 bridgehead atoms. The fraction of sp³-hybridized carbons (Fsp3) is 0.263. The van der Waals surface area contributed by atoms with Gasteiger partial charge in [0.2, 0.25) is 11.1 Å². The number of carbonyl (C=O) groups excluding carboxylic acids is 1. The van der Waals surface area contributed by atoms with Crippen LogP contribution in [0.3, 0.4) is 0 Å². The highest BCUT2D eigenvalue weighted by Crippen LogP contribution is 2.40. The van der Waals surface area contributed by atoms with Crippen molar-refractivity contribution in [3.05, 3.63) is 60.2 Å². The van der Waals surface area contributed by atoms with E-state index in [-0.39, 0.29) is 5.91 Å². The Balaban J connectivity index is 1.59. The molecule has 3 aromatic rings. The third-order valence-corrected chi connectivity index (χ3v) is 5.46. The zero-order chi connectivity index (χ0) is 18.6. The van der Waals surface area contributed by atoms with Crippen LogP contribution in [0.5, 0.6) is 5.75 Å². The quantitative estimate of drug-likeness (QED) is 0.631. The summed E-state index contributed by atoms with van der Waals surface area (Å²) in [6.45, 7) is 0. The largest absolute Gasteiger partial charge is 0.497 e. The highest BCUT2D eigenvalue weighted by atomic mass is 32.2. The second kappa shape index (κ2) is 7.79. The normalized spacial score (nSPS) is 14.6. The van der Waals surface area contributed by atoms with Gasteiger partial charge in [0.15, 0.2) is 0 Å². The van der Waals surface area contributed by atoms with Crippen LogP contribution in [0.4, 0.5) is 5.69 Å². The molecule has 1 amide bonds. The number of hydrogen-bond acceptors (Lipinski definition) is 6. The standard InChI is InChI=1S/C19H19N5O2S/c1-26-16-9-5-8-14(12-16)20-18(25)17(13-6-3-2-4-7-13)27-19-21-22-23-24(19)15-10-11-15/h2-9,12,15,17H,10-11H2,1H3,(H,20,25)/t17-/m1/s1. The summed E-state index contributed by atoms with van der Waals surface area (Å²) in [5.41, 5.74) is 1.58. The van der Waals surface area contributed by atoms with E-state index in [1.807, 2.05) is 53.2 Å². The van der Waals surface area contributed by atoms with E-state index in [2.05, 4.69) is 20.8 Å². The summed E-state index contributed by atoms with van der Waals surface area (Å²) in [5, 5.41) is 15.2. The van der Waals surface area contributed by atoms with Gasteiger partial charge in [-0.25, -0.2) is 4.68 Å². The molecule has 0 unspecified atom stereocenters. The van der Waals surface area contributed by atoms with E-state index in [9.17, 15) is 4.79 Å². The second-order valence-corrected chi connectivity index (χ2v) is 7.34. The number of carbonyl (C=O) groups is 1. The summed E-state index contributed by atoms with van der Waals surface area (Å²) in [6.07, 6.45) is 2.15. The number of aromatic nitrogens is 4. The molecule has 1 N–H and O–H groups in total. The molecule has 7 nitrogen and oxygen atoms in total. The molecule has 1 fully saturated rings. The van der Waals surface area contributed by atoms with Gasteiger partial charge in [-0.2, -0.15) is 0 Å². The van der Waals surface area contributed by atoms with Gasteiger partial charge in [0, 0.05) is 11.8 Å². The number of hydrogen-bond donors (Lipinski definition) is 1. The Morgan fingerprint density at radius 3 is 2.78 bits per heavy atom. The van der Waals surface area contributed by atoms with Gasteiger partial charge in [-0.05, 0) is 41.0 Å². The molecule has 4 rings (SSSR count). The third-order valence-electron chi connectivity index (χ3n) is 4.26. The smallest absolute Gasteiger partial charge is 0.242 e. The second-order valence-electron chi connectivity index (χ2n) is 6.27. The van der Waals surface area contributed by atoms with E-state index in [1.54, 1.807) is 13.2 Å². The zero-order valence-electron chi connectivity index (χ0n) is 14.8. The lowest BCUT2D eigenvalue weighted by atomic mass is 10.1. The fourth-order valence-corrected chi connectivity index (χ4v) is 3.77. The number of thioether (sulfide) groups is 1. The fourth-order valence-electron chi connectivity index (χ4n) is 2.73. The maximum atomic E-state index is 13.1. The molecule has 1 aliphatic carbocycles. The van der Waals surface area contributed by atoms with Crippen molar-refractivity contribution in [1.82, 2.24) is 20.2 Å². The molecule has 2 aromatic carbocycles. The Morgan fingerprint density at radius 2 is 2.04 bits per heavy atom. The van der Waals surface area contributed by atoms with E-state index in [4.69, 9.17) is 4.74 Å². The van der Waals surface area contributed by atoms with E-state index in [0.717, 1.165) is 18.4 Å². The van der Waals surface area contributed by atoms with Crippen molar-refractivity contribution in [1.29, 1.82) is 0 Å². The van der Waals surface area contributed by atoms with Gasteiger partial charge in [-0.15, -0.1) is 5.10 Å². The molecule has 138 valence electrons. The van der Waals surface area contributed by atoms with E-state index >= 15 is 0 Å².